The van der Waals surface area contributed by atoms with E-state index >= 15 is 0 Å². The Morgan fingerprint density at radius 2 is 2.08 bits per heavy atom. The molecule has 2 aromatic carbocycles. The number of hydrogen-bond donors (Lipinski definition) is 0. The third-order valence-electron chi connectivity index (χ3n) is 4.04. The van der Waals surface area contributed by atoms with Crippen LogP contribution in [0, 0.1) is 0 Å². The lowest BCUT2D eigenvalue weighted by atomic mass is 10.0. The van der Waals surface area contributed by atoms with Gasteiger partial charge >= 0.3 is 0 Å². The van der Waals surface area contributed by atoms with Crippen molar-refractivity contribution in [2.45, 2.75) is 12.8 Å². The monoisotopic (exact) mass is 358 g/mol. The summed E-state index contributed by atoms with van der Waals surface area (Å²) in [6, 6.07) is 13.0. The fraction of sp³-hybridized carbons (Fsp3) is 0.263. The number of ether oxygens (including phenoxy) is 1. The zero-order chi connectivity index (χ0) is 17.6. The number of benzene rings is 2. The minimum atomic E-state index is -0.112. The van der Waals surface area contributed by atoms with Crippen LogP contribution in [0.15, 0.2) is 47.6 Å². The van der Waals surface area contributed by atoms with Crippen LogP contribution in [0.5, 0.6) is 5.75 Å². The zero-order valence-electron chi connectivity index (χ0n) is 13.9. The molecule has 1 amide bonds. The molecule has 0 atom stereocenters. The first-order valence-electron chi connectivity index (χ1n) is 8.05. The van der Waals surface area contributed by atoms with Gasteiger partial charge in [-0.1, -0.05) is 28.9 Å². The van der Waals surface area contributed by atoms with Crippen molar-refractivity contribution in [3.8, 4) is 5.75 Å². The van der Waals surface area contributed by atoms with Crippen molar-refractivity contribution in [3.63, 3.8) is 0 Å². The maximum absolute atomic E-state index is 12.4. The minimum absolute atomic E-state index is 0.102. The van der Waals surface area contributed by atoms with Crippen molar-refractivity contribution < 1.29 is 14.4 Å². The van der Waals surface area contributed by atoms with E-state index < -0.39 is 0 Å². The van der Waals surface area contributed by atoms with Crippen LogP contribution in [-0.2, 0) is 16.1 Å². The summed E-state index contributed by atoms with van der Waals surface area (Å²) in [4.78, 5) is 19.4. The van der Waals surface area contributed by atoms with Crippen molar-refractivity contribution in [2.75, 3.05) is 25.2 Å². The molecule has 0 aromatic heterocycles. The van der Waals surface area contributed by atoms with Crippen molar-refractivity contribution in [1.29, 1.82) is 0 Å². The molecular formula is C19H19ClN2O3. The average Bonchev–Trinajstić information content (AvgIpc) is 2.65. The summed E-state index contributed by atoms with van der Waals surface area (Å²) in [5, 5.41) is 4.51. The number of amides is 1. The van der Waals surface area contributed by atoms with Gasteiger partial charge in [-0.15, -0.1) is 0 Å². The third kappa shape index (κ3) is 4.31. The molecule has 0 saturated carbocycles. The molecule has 0 bridgehead atoms. The van der Waals surface area contributed by atoms with Gasteiger partial charge in [-0.05, 0) is 54.3 Å². The molecule has 0 radical (unpaired) electrons. The van der Waals surface area contributed by atoms with Gasteiger partial charge in [-0.25, -0.2) is 0 Å². The van der Waals surface area contributed by atoms with E-state index in [1.165, 1.54) is 0 Å². The fourth-order valence-electron chi connectivity index (χ4n) is 2.78. The lowest BCUT2D eigenvalue weighted by Crippen LogP contribution is -2.37. The maximum atomic E-state index is 12.4. The normalized spacial score (nSPS) is 13.6. The molecule has 0 saturated heterocycles. The molecule has 1 heterocycles. The first kappa shape index (κ1) is 17.3. The van der Waals surface area contributed by atoms with Gasteiger partial charge in [0.05, 0.1) is 13.3 Å². The van der Waals surface area contributed by atoms with Crippen molar-refractivity contribution in [2.24, 2.45) is 5.16 Å². The molecule has 3 rings (SSSR count). The second-order valence-electron chi connectivity index (χ2n) is 5.70. The van der Waals surface area contributed by atoms with Crippen LogP contribution in [0.4, 0.5) is 5.69 Å². The fourth-order valence-corrected chi connectivity index (χ4v) is 2.90. The van der Waals surface area contributed by atoms with E-state index in [2.05, 4.69) is 5.16 Å². The van der Waals surface area contributed by atoms with Gasteiger partial charge in [0.2, 0.25) is 0 Å². The molecule has 130 valence electrons. The molecule has 25 heavy (non-hydrogen) atoms. The predicted octanol–water partition coefficient (Wildman–Crippen LogP) is 3.68. The van der Waals surface area contributed by atoms with Crippen LogP contribution in [0.3, 0.4) is 0 Å². The molecule has 5 nitrogen and oxygen atoms in total. The second-order valence-corrected chi connectivity index (χ2v) is 6.14. The topological polar surface area (TPSA) is 51.1 Å². The molecule has 0 unspecified atom stereocenters. The Kier molecular flexibility index (Phi) is 5.56. The Balaban J connectivity index is 1.60. The van der Waals surface area contributed by atoms with Crippen molar-refractivity contribution >= 4 is 29.4 Å². The number of hydrogen-bond acceptors (Lipinski definition) is 4. The van der Waals surface area contributed by atoms with Gasteiger partial charge in [0.1, 0.15) is 5.75 Å². The van der Waals surface area contributed by atoms with Gasteiger partial charge in [0.25, 0.3) is 5.91 Å². The predicted molar refractivity (Wildman–Crippen MR) is 98.7 cm³/mol. The lowest BCUT2D eigenvalue weighted by molar-refractivity contribution is -0.123. The highest BCUT2D eigenvalue weighted by Crippen LogP contribution is 2.30. The van der Waals surface area contributed by atoms with Crippen LogP contribution in [0.25, 0.3) is 0 Å². The van der Waals surface area contributed by atoms with Gasteiger partial charge in [0.15, 0.2) is 6.61 Å². The van der Waals surface area contributed by atoms with Crippen molar-refractivity contribution in [1.82, 2.24) is 0 Å². The number of oxime groups is 1. The Morgan fingerprint density at radius 1 is 1.28 bits per heavy atom. The third-order valence-corrected chi connectivity index (χ3v) is 4.29. The minimum Gasteiger partial charge on any atom is -0.497 e. The number of anilines is 1. The van der Waals surface area contributed by atoms with Crippen LogP contribution < -0.4 is 9.64 Å². The van der Waals surface area contributed by atoms with E-state index in [0.717, 1.165) is 35.4 Å². The SMILES string of the molecule is COc1ccc2c(c1)CCCN2C(=O)CO/N=C/c1ccc(Cl)cc1. The van der Waals surface area contributed by atoms with Crippen LogP contribution >= 0.6 is 11.6 Å². The molecule has 0 N–H and O–H groups in total. The van der Waals surface area contributed by atoms with Gasteiger partial charge in [-0.2, -0.15) is 0 Å². The molecule has 6 heteroatoms. The van der Waals surface area contributed by atoms with Gasteiger partial charge in [0, 0.05) is 17.3 Å². The standard InChI is InChI=1S/C19H19ClN2O3/c1-24-17-8-9-18-15(11-17)3-2-10-22(18)19(23)13-25-21-12-14-4-6-16(20)7-5-14/h4-9,11-12H,2-3,10,13H2,1H3/b21-12+. The van der Waals surface area contributed by atoms with E-state index in [-0.39, 0.29) is 12.5 Å². The smallest absolute Gasteiger partial charge is 0.267 e. The lowest BCUT2D eigenvalue weighted by Gasteiger charge is -2.29. The number of nitrogens with zero attached hydrogens (tertiary/aromatic N) is 2. The second kappa shape index (κ2) is 8.03. The Hall–Kier alpha value is -2.53. The molecular weight excluding hydrogens is 340 g/mol. The first-order chi connectivity index (χ1) is 12.2. The number of methoxy groups -OCH3 is 1. The van der Waals surface area contributed by atoms with Gasteiger partial charge in [-0.3, -0.25) is 4.79 Å². The van der Waals surface area contributed by atoms with E-state index in [4.69, 9.17) is 21.2 Å². The number of halogens is 1. The number of rotatable bonds is 5. The van der Waals surface area contributed by atoms with Crippen LogP contribution in [0.2, 0.25) is 5.02 Å². The highest BCUT2D eigenvalue weighted by Gasteiger charge is 2.23. The Morgan fingerprint density at radius 3 is 2.84 bits per heavy atom. The Bertz CT molecular complexity index is 775. The summed E-state index contributed by atoms with van der Waals surface area (Å²) in [5.74, 6) is 0.691. The summed E-state index contributed by atoms with van der Waals surface area (Å²) in [6.07, 6.45) is 3.41. The molecule has 0 spiro atoms. The number of aryl methyl sites for hydroxylation is 1. The average molecular weight is 359 g/mol. The first-order valence-corrected chi connectivity index (χ1v) is 8.43. The number of carbonyl (C=O) groups excluding carboxylic acids is 1. The van der Waals surface area contributed by atoms with Crippen molar-refractivity contribution in [3.05, 3.63) is 58.6 Å². The molecule has 0 aliphatic carbocycles. The quantitative estimate of drug-likeness (QED) is 0.605. The molecule has 2 aromatic rings. The van der Waals surface area contributed by atoms with Crippen LogP contribution in [0.1, 0.15) is 17.5 Å². The summed E-state index contributed by atoms with van der Waals surface area (Å²) in [7, 11) is 1.64. The largest absolute Gasteiger partial charge is 0.497 e. The Labute approximate surface area is 151 Å². The highest BCUT2D eigenvalue weighted by molar-refractivity contribution is 6.30. The summed E-state index contributed by atoms with van der Waals surface area (Å²) < 4.78 is 5.25. The van der Waals surface area contributed by atoms with Crippen LogP contribution in [-0.4, -0.2) is 32.4 Å². The summed E-state index contributed by atoms with van der Waals surface area (Å²) >= 11 is 5.83. The van der Waals surface area contributed by atoms with E-state index in [0.29, 0.717) is 11.6 Å². The zero-order valence-corrected chi connectivity index (χ0v) is 14.7. The highest BCUT2D eigenvalue weighted by atomic mass is 35.5. The van der Waals surface area contributed by atoms with E-state index in [9.17, 15) is 4.79 Å². The van der Waals surface area contributed by atoms with Gasteiger partial charge < -0.3 is 14.5 Å². The summed E-state index contributed by atoms with van der Waals surface area (Å²) in [5.41, 5.74) is 2.89. The molecule has 1 aliphatic heterocycles. The summed E-state index contributed by atoms with van der Waals surface area (Å²) in [6.45, 7) is 0.581. The van der Waals surface area contributed by atoms with E-state index in [1.807, 2.05) is 30.3 Å². The van der Waals surface area contributed by atoms with E-state index in [1.54, 1.807) is 30.4 Å². The molecule has 1 aliphatic rings. The number of carbonyl (C=O) groups is 1. The molecule has 0 fully saturated rings. The number of fused-ring (bicyclic) bond motifs is 1. The maximum Gasteiger partial charge on any atom is 0.267 e.